The topological polar surface area (TPSA) is 63.7 Å². The van der Waals surface area contributed by atoms with Crippen LogP contribution < -0.4 is 4.74 Å². The molecular weight excluding hydrogens is 192 g/mol. The molecule has 0 aliphatic carbocycles. The number of H-pyrrole nitrogens is 1. The predicted octanol–water partition coefficient (Wildman–Crippen LogP) is 1.46. The third kappa shape index (κ3) is 4.21. The third-order valence-electron chi connectivity index (χ3n) is 1.68. The van der Waals surface area contributed by atoms with E-state index >= 15 is 0 Å². The van der Waals surface area contributed by atoms with Crippen LogP contribution in [0.5, 0.6) is 5.75 Å². The zero-order chi connectivity index (χ0) is 10.9. The Labute approximate surface area is 88.5 Å². The number of hydrogen-bond donors (Lipinski definition) is 1. The van der Waals surface area contributed by atoms with Crippen molar-refractivity contribution in [3.63, 3.8) is 0 Å². The number of aromatic amines is 1. The van der Waals surface area contributed by atoms with Crippen molar-refractivity contribution in [1.29, 1.82) is 0 Å². The summed E-state index contributed by atoms with van der Waals surface area (Å²) in [4.78, 5) is 0. The third-order valence-corrected chi connectivity index (χ3v) is 1.68. The van der Waals surface area contributed by atoms with E-state index in [1.54, 1.807) is 7.11 Å². The largest absolute Gasteiger partial charge is 0.497 e. The first-order valence-corrected chi connectivity index (χ1v) is 4.68. The van der Waals surface area contributed by atoms with Crippen LogP contribution in [-0.2, 0) is 6.42 Å². The minimum absolute atomic E-state index is 0.764. The van der Waals surface area contributed by atoms with Crippen molar-refractivity contribution < 1.29 is 4.74 Å². The van der Waals surface area contributed by atoms with Gasteiger partial charge in [-0.05, 0) is 12.1 Å². The Hall–Kier alpha value is -1.91. The average molecular weight is 206 g/mol. The molecular formula is C10H14N4O. The van der Waals surface area contributed by atoms with Crippen LogP contribution in [0.3, 0.4) is 0 Å². The molecule has 0 atom stereocenters. The summed E-state index contributed by atoms with van der Waals surface area (Å²) in [7, 11) is 1.66. The summed E-state index contributed by atoms with van der Waals surface area (Å²) in [6.07, 6.45) is 0.844. The lowest BCUT2D eigenvalue weighted by Gasteiger charge is -1.93. The van der Waals surface area contributed by atoms with E-state index in [2.05, 4.69) is 20.6 Å². The van der Waals surface area contributed by atoms with Crippen molar-refractivity contribution in [2.45, 2.75) is 13.3 Å². The molecule has 0 saturated heterocycles. The highest BCUT2D eigenvalue weighted by molar-refractivity contribution is 5.20. The molecule has 0 spiro atoms. The molecule has 1 N–H and O–H groups in total. The number of aromatic nitrogens is 4. The van der Waals surface area contributed by atoms with Gasteiger partial charge in [0.25, 0.3) is 0 Å². The van der Waals surface area contributed by atoms with Crippen LogP contribution in [0, 0.1) is 0 Å². The van der Waals surface area contributed by atoms with Gasteiger partial charge in [-0.2, -0.15) is 5.21 Å². The van der Waals surface area contributed by atoms with Crippen LogP contribution >= 0.6 is 0 Å². The van der Waals surface area contributed by atoms with Gasteiger partial charge in [-0.1, -0.05) is 30.3 Å². The number of tetrazole rings is 1. The van der Waals surface area contributed by atoms with Gasteiger partial charge in [0.15, 0.2) is 5.82 Å². The lowest BCUT2D eigenvalue weighted by Crippen LogP contribution is -1.80. The van der Waals surface area contributed by atoms with Gasteiger partial charge in [-0.15, -0.1) is 10.2 Å². The number of aryl methyl sites for hydroxylation is 1. The van der Waals surface area contributed by atoms with E-state index in [9.17, 15) is 0 Å². The number of ether oxygens (including phenoxy) is 1. The molecule has 1 aromatic heterocycles. The number of benzene rings is 1. The Kier molecular flexibility index (Phi) is 4.86. The van der Waals surface area contributed by atoms with Crippen LogP contribution in [-0.4, -0.2) is 27.7 Å². The Morgan fingerprint density at radius 2 is 2.00 bits per heavy atom. The Morgan fingerprint density at radius 1 is 1.27 bits per heavy atom. The van der Waals surface area contributed by atoms with Crippen LogP contribution in [0.2, 0.25) is 0 Å². The van der Waals surface area contributed by atoms with Crippen molar-refractivity contribution >= 4 is 0 Å². The number of nitrogens with zero attached hydrogens (tertiary/aromatic N) is 3. The maximum atomic E-state index is 4.91. The monoisotopic (exact) mass is 206 g/mol. The minimum atomic E-state index is 0.764. The highest BCUT2D eigenvalue weighted by atomic mass is 16.5. The van der Waals surface area contributed by atoms with E-state index in [-0.39, 0.29) is 0 Å². The zero-order valence-corrected chi connectivity index (χ0v) is 8.84. The lowest BCUT2D eigenvalue weighted by molar-refractivity contribution is 0.415. The Balaban J connectivity index is 0.000000151. The second-order valence-electron chi connectivity index (χ2n) is 2.70. The lowest BCUT2D eigenvalue weighted by atomic mass is 10.3. The fourth-order valence-corrected chi connectivity index (χ4v) is 0.889. The van der Waals surface area contributed by atoms with Crippen molar-refractivity contribution in [3.8, 4) is 5.75 Å². The van der Waals surface area contributed by atoms with Gasteiger partial charge in [-0.25, -0.2) is 0 Å². The second kappa shape index (κ2) is 6.53. The molecule has 0 amide bonds. The van der Waals surface area contributed by atoms with Gasteiger partial charge >= 0.3 is 0 Å². The molecule has 0 aliphatic rings. The zero-order valence-electron chi connectivity index (χ0n) is 8.84. The summed E-state index contributed by atoms with van der Waals surface area (Å²) in [5.41, 5.74) is 0. The summed E-state index contributed by atoms with van der Waals surface area (Å²) in [6.45, 7) is 1.98. The molecule has 5 nitrogen and oxygen atoms in total. The first-order chi connectivity index (χ1) is 7.36. The van der Waals surface area contributed by atoms with Crippen LogP contribution in [0.15, 0.2) is 30.3 Å². The van der Waals surface area contributed by atoms with Gasteiger partial charge < -0.3 is 4.74 Å². The smallest absolute Gasteiger partial charge is 0.174 e. The first-order valence-electron chi connectivity index (χ1n) is 4.68. The number of methoxy groups -OCH3 is 1. The molecule has 1 heterocycles. The standard InChI is InChI=1S/C7H8O.C3H6N4/c1-8-7-5-3-2-4-6-7;1-2-3-4-6-7-5-3/h2-6H,1H3;2H2,1H3,(H,4,5,6,7). The fraction of sp³-hybridized carbons (Fsp3) is 0.300. The summed E-state index contributed by atoms with van der Waals surface area (Å²) < 4.78 is 4.91. The SMILES string of the molecule is CCc1nn[nH]n1.COc1ccccc1. The number of nitrogens with one attached hydrogen (secondary N) is 1. The predicted molar refractivity (Wildman–Crippen MR) is 56.5 cm³/mol. The summed E-state index contributed by atoms with van der Waals surface area (Å²) in [5.74, 6) is 1.67. The molecule has 5 heteroatoms. The average Bonchev–Trinajstić information content (AvgIpc) is 2.84. The van der Waals surface area contributed by atoms with Crippen molar-refractivity contribution in [2.24, 2.45) is 0 Å². The van der Waals surface area contributed by atoms with Gasteiger partial charge in [0.2, 0.25) is 0 Å². The van der Waals surface area contributed by atoms with Crippen LogP contribution in [0.4, 0.5) is 0 Å². The maximum Gasteiger partial charge on any atom is 0.174 e. The quantitative estimate of drug-likeness (QED) is 0.807. The highest BCUT2D eigenvalue weighted by Crippen LogP contribution is 2.05. The molecule has 0 bridgehead atoms. The van der Waals surface area contributed by atoms with E-state index in [1.165, 1.54) is 0 Å². The molecule has 15 heavy (non-hydrogen) atoms. The van der Waals surface area contributed by atoms with Gasteiger partial charge in [0.05, 0.1) is 7.11 Å². The van der Waals surface area contributed by atoms with E-state index in [0.29, 0.717) is 0 Å². The van der Waals surface area contributed by atoms with Crippen LogP contribution in [0.25, 0.3) is 0 Å². The molecule has 0 aliphatic heterocycles. The second-order valence-corrected chi connectivity index (χ2v) is 2.70. The fourth-order valence-electron chi connectivity index (χ4n) is 0.889. The highest BCUT2D eigenvalue weighted by Gasteiger charge is 1.87. The van der Waals surface area contributed by atoms with E-state index in [0.717, 1.165) is 18.0 Å². The van der Waals surface area contributed by atoms with Crippen molar-refractivity contribution in [1.82, 2.24) is 20.6 Å². The molecule has 1 aromatic carbocycles. The first kappa shape index (κ1) is 11.2. The normalized spacial score (nSPS) is 8.93. The summed E-state index contributed by atoms with van der Waals surface area (Å²) in [6, 6.07) is 9.68. The number of hydrogen-bond acceptors (Lipinski definition) is 4. The Bertz CT molecular complexity index is 347. The van der Waals surface area contributed by atoms with Gasteiger partial charge in [0.1, 0.15) is 5.75 Å². The molecule has 0 unspecified atom stereocenters. The summed E-state index contributed by atoms with van der Waals surface area (Å²) in [5, 5.41) is 13.1. The molecule has 80 valence electrons. The number of para-hydroxylation sites is 1. The number of rotatable bonds is 2. The van der Waals surface area contributed by atoms with Crippen LogP contribution in [0.1, 0.15) is 12.7 Å². The molecule has 2 rings (SSSR count). The van der Waals surface area contributed by atoms with E-state index in [4.69, 9.17) is 4.74 Å². The molecule has 0 radical (unpaired) electrons. The minimum Gasteiger partial charge on any atom is -0.497 e. The molecule has 2 aromatic rings. The van der Waals surface area contributed by atoms with Gasteiger partial charge in [0, 0.05) is 6.42 Å². The summed E-state index contributed by atoms with van der Waals surface area (Å²) >= 11 is 0. The maximum absolute atomic E-state index is 4.91. The molecule has 0 saturated carbocycles. The molecule has 0 fully saturated rings. The van der Waals surface area contributed by atoms with Crippen molar-refractivity contribution in [3.05, 3.63) is 36.2 Å². The van der Waals surface area contributed by atoms with Crippen molar-refractivity contribution in [2.75, 3.05) is 7.11 Å². The van der Waals surface area contributed by atoms with Gasteiger partial charge in [-0.3, -0.25) is 0 Å². The van der Waals surface area contributed by atoms with E-state index < -0.39 is 0 Å². The van der Waals surface area contributed by atoms with E-state index in [1.807, 2.05) is 37.3 Å². The Morgan fingerprint density at radius 3 is 2.33 bits per heavy atom.